The average Bonchev–Trinajstić information content (AvgIpc) is 2.59. The fourth-order valence-electron chi connectivity index (χ4n) is 2.27. The summed E-state index contributed by atoms with van der Waals surface area (Å²) in [6, 6.07) is 11.4. The second-order valence-corrected chi connectivity index (χ2v) is 5.01. The van der Waals surface area contributed by atoms with Crippen molar-refractivity contribution in [2.24, 2.45) is 5.73 Å². The number of fused-ring (bicyclic) bond motifs is 1. The molecular formula is C17H14N4O2. The van der Waals surface area contributed by atoms with Gasteiger partial charge in [0.05, 0.1) is 17.3 Å². The number of primary amides is 1. The highest BCUT2D eigenvalue weighted by molar-refractivity contribution is 5.99. The van der Waals surface area contributed by atoms with Crippen LogP contribution in [0.2, 0.25) is 0 Å². The van der Waals surface area contributed by atoms with Crippen molar-refractivity contribution >= 4 is 22.7 Å². The van der Waals surface area contributed by atoms with Crippen LogP contribution < -0.4 is 11.1 Å². The summed E-state index contributed by atoms with van der Waals surface area (Å²) < 4.78 is 0. The first-order valence-electron chi connectivity index (χ1n) is 7.00. The highest BCUT2D eigenvalue weighted by atomic mass is 16.2. The Morgan fingerprint density at radius 1 is 1.09 bits per heavy atom. The highest BCUT2D eigenvalue weighted by Gasteiger charge is 2.21. The normalized spacial score (nSPS) is 11.8. The standard InChI is InChI=1S/C17H14N4O2/c18-16(22)15(11-4-2-1-3-5-11)21-17(23)13-8-12-6-7-19-10-14(12)20-9-13/h1-10,15H,(H2,18,22)(H,21,23). The molecule has 3 aromatic rings. The number of carbonyl (C=O) groups is 2. The molecule has 0 saturated heterocycles. The van der Waals surface area contributed by atoms with E-state index in [0.717, 1.165) is 5.39 Å². The zero-order chi connectivity index (χ0) is 16.2. The topological polar surface area (TPSA) is 98.0 Å². The summed E-state index contributed by atoms with van der Waals surface area (Å²) >= 11 is 0. The van der Waals surface area contributed by atoms with Crippen LogP contribution in [0.15, 0.2) is 61.1 Å². The molecule has 0 radical (unpaired) electrons. The van der Waals surface area contributed by atoms with E-state index >= 15 is 0 Å². The Balaban J connectivity index is 1.87. The first kappa shape index (κ1) is 14.6. The number of pyridine rings is 2. The quantitative estimate of drug-likeness (QED) is 0.764. The van der Waals surface area contributed by atoms with Gasteiger partial charge in [-0.2, -0.15) is 0 Å². The summed E-state index contributed by atoms with van der Waals surface area (Å²) in [5.41, 5.74) is 7.08. The number of aromatic nitrogens is 2. The number of nitrogens with one attached hydrogen (secondary N) is 1. The number of benzene rings is 1. The van der Waals surface area contributed by atoms with Gasteiger partial charge in [0, 0.05) is 17.8 Å². The summed E-state index contributed by atoms with van der Waals surface area (Å²) in [5.74, 6) is -1.04. The molecule has 0 aliphatic rings. The first-order chi connectivity index (χ1) is 11.1. The minimum Gasteiger partial charge on any atom is -0.368 e. The molecule has 3 N–H and O–H groups in total. The van der Waals surface area contributed by atoms with Crippen LogP contribution in [-0.2, 0) is 4.79 Å². The van der Waals surface area contributed by atoms with Gasteiger partial charge < -0.3 is 11.1 Å². The van der Waals surface area contributed by atoms with Gasteiger partial charge in [0.15, 0.2) is 0 Å². The molecule has 0 fully saturated rings. The van der Waals surface area contributed by atoms with Gasteiger partial charge in [-0.3, -0.25) is 19.6 Å². The van der Waals surface area contributed by atoms with E-state index in [1.165, 1.54) is 6.20 Å². The van der Waals surface area contributed by atoms with Crippen LogP contribution in [0.3, 0.4) is 0 Å². The lowest BCUT2D eigenvalue weighted by Gasteiger charge is -2.16. The SMILES string of the molecule is NC(=O)C(NC(=O)c1cnc2cnccc2c1)c1ccccc1. The summed E-state index contributed by atoms with van der Waals surface area (Å²) in [4.78, 5) is 32.2. The Morgan fingerprint density at radius 3 is 2.61 bits per heavy atom. The van der Waals surface area contributed by atoms with E-state index in [0.29, 0.717) is 16.6 Å². The molecule has 0 aliphatic carbocycles. The number of hydrogen-bond acceptors (Lipinski definition) is 4. The minimum atomic E-state index is -0.892. The molecule has 6 heteroatoms. The molecule has 0 spiro atoms. The molecule has 114 valence electrons. The number of nitrogens with two attached hydrogens (primary N) is 1. The smallest absolute Gasteiger partial charge is 0.253 e. The zero-order valence-electron chi connectivity index (χ0n) is 12.1. The monoisotopic (exact) mass is 306 g/mol. The molecule has 1 atom stereocenters. The summed E-state index contributed by atoms with van der Waals surface area (Å²) in [6.07, 6.45) is 4.69. The predicted molar refractivity (Wildman–Crippen MR) is 85.4 cm³/mol. The third-order valence-electron chi connectivity index (χ3n) is 3.44. The Kier molecular flexibility index (Phi) is 3.97. The molecule has 1 unspecified atom stereocenters. The van der Waals surface area contributed by atoms with Crippen LogP contribution >= 0.6 is 0 Å². The molecule has 2 heterocycles. The lowest BCUT2D eigenvalue weighted by Crippen LogP contribution is -2.37. The van der Waals surface area contributed by atoms with Gasteiger partial charge in [0.25, 0.3) is 5.91 Å². The largest absolute Gasteiger partial charge is 0.368 e. The Morgan fingerprint density at radius 2 is 1.87 bits per heavy atom. The van der Waals surface area contributed by atoms with Crippen molar-refractivity contribution in [1.82, 2.24) is 15.3 Å². The fourth-order valence-corrected chi connectivity index (χ4v) is 2.27. The Bertz CT molecular complexity index is 865. The summed E-state index contributed by atoms with van der Waals surface area (Å²) in [6.45, 7) is 0. The van der Waals surface area contributed by atoms with Gasteiger partial charge in [-0.15, -0.1) is 0 Å². The molecule has 0 saturated carbocycles. The lowest BCUT2D eigenvalue weighted by atomic mass is 10.1. The van der Waals surface area contributed by atoms with Gasteiger partial charge >= 0.3 is 0 Å². The maximum absolute atomic E-state index is 12.4. The van der Waals surface area contributed by atoms with Crippen LogP contribution in [0.1, 0.15) is 22.0 Å². The minimum absolute atomic E-state index is 0.353. The lowest BCUT2D eigenvalue weighted by molar-refractivity contribution is -0.120. The van der Waals surface area contributed by atoms with E-state index < -0.39 is 17.9 Å². The van der Waals surface area contributed by atoms with Crippen molar-refractivity contribution in [2.45, 2.75) is 6.04 Å². The van der Waals surface area contributed by atoms with Crippen molar-refractivity contribution in [3.05, 3.63) is 72.2 Å². The molecule has 23 heavy (non-hydrogen) atoms. The van der Waals surface area contributed by atoms with Crippen molar-refractivity contribution in [3.63, 3.8) is 0 Å². The molecular weight excluding hydrogens is 292 g/mol. The second-order valence-electron chi connectivity index (χ2n) is 5.01. The molecule has 0 bridgehead atoms. The Labute approximate surface area is 132 Å². The molecule has 6 nitrogen and oxygen atoms in total. The van der Waals surface area contributed by atoms with E-state index in [2.05, 4.69) is 15.3 Å². The van der Waals surface area contributed by atoms with Crippen LogP contribution in [0.25, 0.3) is 10.9 Å². The van der Waals surface area contributed by atoms with Crippen molar-refractivity contribution < 1.29 is 9.59 Å². The van der Waals surface area contributed by atoms with Crippen LogP contribution in [0, 0.1) is 0 Å². The van der Waals surface area contributed by atoms with Gasteiger partial charge in [0.2, 0.25) is 5.91 Å². The van der Waals surface area contributed by atoms with E-state index in [9.17, 15) is 9.59 Å². The first-order valence-corrected chi connectivity index (χ1v) is 7.00. The zero-order valence-corrected chi connectivity index (χ0v) is 12.1. The number of carbonyl (C=O) groups excluding carboxylic acids is 2. The summed E-state index contributed by atoms with van der Waals surface area (Å²) in [5, 5.41) is 3.44. The van der Waals surface area contributed by atoms with Crippen molar-refractivity contribution in [3.8, 4) is 0 Å². The van der Waals surface area contributed by atoms with Gasteiger partial charge in [0.1, 0.15) is 6.04 Å². The highest BCUT2D eigenvalue weighted by Crippen LogP contribution is 2.15. The molecule has 3 rings (SSSR count). The van der Waals surface area contributed by atoms with Gasteiger partial charge in [-0.25, -0.2) is 0 Å². The number of amides is 2. The van der Waals surface area contributed by atoms with E-state index in [1.807, 2.05) is 6.07 Å². The molecule has 2 aromatic heterocycles. The second kappa shape index (κ2) is 6.23. The molecule has 0 aliphatic heterocycles. The predicted octanol–water partition coefficient (Wildman–Crippen LogP) is 1.59. The van der Waals surface area contributed by atoms with Crippen LogP contribution in [0.5, 0.6) is 0 Å². The average molecular weight is 306 g/mol. The van der Waals surface area contributed by atoms with Crippen LogP contribution in [-0.4, -0.2) is 21.8 Å². The molecule has 1 aromatic carbocycles. The third kappa shape index (κ3) is 3.16. The summed E-state index contributed by atoms with van der Waals surface area (Å²) in [7, 11) is 0. The van der Waals surface area contributed by atoms with E-state index in [-0.39, 0.29) is 0 Å². The van der Waals surface area contributed by atoms with Crippen molar-refractivity contribution in [1.29, 1.82) is 0 Å². The maximum Gasteiger partial charge on any atom is 0.253 e. The van der Waals surface area contributed by atoms with Crippen LogP contribution in [0.4, 0.5) is 0 Å². The van der Waals surface area contributed by atoms with Crippen molar-refractivity contribution in [2.75, 3.05) is 0 Å². The van der Waals surface area contributed by atoms with E-state index in [4.69, 9.17) is 5.73 Å². The van der Waals surface area contributed by atoms with E-state index in [1.54, 1.807) is 48.8 Å². The third-order valence-corrected chi connectivity index (χ3v) is 3.44. The van der Waals surface area contributed by atoms with Gasteiger partial charge in [-0.1, -0.05) is 30.3 Å². The maximum atomic E-state index is 12.4. The number of rotatable bonds is 4. The Hall–Kier alpha value is -3.28. The number of hydrogen-bond donors (Lipinski definition) is 2. The van der Waals surface area contributed by atoms with Gasteiger partial charge in [-0.05, 0) is 17.7 Å². The molecule has 2 amide bonds. The number of nitrogens with zero attached hydrogens (tertiary/aromatic N) is 2. The fraction of sp³-hybridized carbons (Fsp3) is 0.0588.